The van der Waals surface area contributed by atoms with Crippen LogP contribution in [0.4, 0.5) is 5.69 Å². The summed E-state index contributed by atoms with van der Waals surface area (Å²) in [7, 11) is -2.98. The summed E-state index contributed by atoms with van der Waals surface area (Å²) in [5.41, 5.74) is 3.16. The first-order valence-electron chi connectivity index (χ1n) is 7.97. The zero-order chi connectivity index (χ0) is 19.4. The number of nitrogens with one attached hydrogen (secondary N) is 2. The van der Waals surface area contributed by atoms with Crippen LogP contribution in [0.1, 0.15) is 12.2 Å². The summed E-state index contributed by atoms with van der Waals surface area (Å²) in [5.74, 6) is 1.11. The summed E-state index contributed by atoms with van der Waals surface area (Å²) in [6, 6.07) is 9.25. The fourth-order valence-electron chi connectivity index (χ4n) is 2.63. The molecule has 0 bridgehead atoms. The van der Waals surface area contributed by atoms with Gasteiger partial charge in [0.05, 0.1) is 22.6 Å². The van der Waals surface area contributed by atoms with Crippen LogP contribution in [-0.4, -0.2) is 42.2 Å². The standard InChI is InChI=1S/C16H16N4O5S2/c21-20(22)13-3-1-2-11(8-13)15-5-4-14(25-15)9-17-19-16(26)18-12-6-7-27(23,24)10-12/h1-5,8-9,12H,6-7,10H2,(H2,18,19,26)/b17-9-/t12-/m1/s1. The quantitative estimate of drug-likeness (QED) is 0.332. The molecule has 2 heterocycles. The number of non-ortho nitro benzene ring substituents is 1. The number of nitrogens with zero attached hydrogens (tertiary/aromatic N) is 2. The van der Waals surface area contributed by atoms with Crippen LogP contribution >= 0.6 is 12.2 Å². The average Bonchev–Trinajstić information content (AvgIpc) is 3.21. The molecule has 0 saturated carbocycles. The van der Waals surface area contributed by atoms with Crippen molar-refractivity contribution in [1.29, 1.82) is 0 Å². The molecule has 3 rings (SSSR count). The Kier molecular flexibility index (Phi) is 5.51. The zero-order valence-electron chi connectivity index (χ0n) is 14.0. The largest absolute Gasteiger partial charge is 0.455 e. The lowest BCUT2D eigenvalue weighted by Gasteiger charge is -2.11. The van der Waals surface area contributed by atoms with Crippen LogP contribution in [0.15, 0.2) is 45.9 Å². The SMILES string of the molecule is O=[N+]([O-])c1cccc(-c2ccc(/C=N\NC(=S)N[C@@H]3CCS(=O)(=O)C3)o2)c1. The maximum Gasteiger partial charge on any atom is 0.270 e. The Morgan fingerprint density at radius 3 is 2.89 bits per heavy atom. The molecule has 9 nitrogen and oxygen atoms in total. The van der Waals surface area contributed by atoms with Gasteiger partial charge < -0.3 is 9.73 Å². The van der Waals surface area contributed by atoms with Gasteiger partial charge in [0.1, 0.15) is 11.5 Å². The van der Waals surface area contributed by atoms with Crippen molar-refractivity contribution in [3.05, 3.63) is 52.3 Å². The van der Waals surface area contributed by atoms with Crippen LogP contribution in [0.25, 0.3) is 11.3 Å². The van der Waals surface area contributed by atoms with Crippen LogP contribution < -0.4 is 10.7 Å². The predicted molar refractivity (Wildman–Crippen MR) is 104 cm³/mol. The highest BCUT2D eigenvalue weighted by atomic mass is 32.2. The fraction of sp³-hybridized carbons (Fsp3) is 0.250. The predicted octanol–water partition coefficient (Wildman–Crippen LogP) is 1.84. The van der Waals surface area contributed by atoms with Crippen molar-refractivity contribution in [2.24, 2.45) is 5.10 Å². The summed E-state index contributed by atoms with van der Waals surface area (Å²) in [6.45, 7) is 0. The van der Waals surface area contributed by atoms with Gasteiger partial charge in [-0.15, -0.1) is 0 Å². The third kappa shape index (κ3) is 5.11. The fourth-order valence-corrected chi connectivity index (χ4v) is 4.52. The highest BCUT2D eigenvalue weighted by molar-refractivity contribution is 7.91. The molecule has 142 valence electrons. The van der Waals surface area contributed by atoms with E-state index in [9.17, 15) is 18.5 Å². The Balaban J connectivity index is 1.57. The number of nitro benzene ring substituents is 1. The first-order chi connectivity index (χ1) is 12.8. The van der Waals surface area contributed by atoms with E-state index in [4.69, 9.17) is 16.6 Å². The van der Waals surface area contributed by atoms with E-state index in [1.54, 1.807) is 24.3 Å². The third-order valence-electron chi connectivity index (χ3n) is 3.89. The molecule has 1 aliphatic heterocycles. The molecule has 1 fully saturated rings. The van der Waals surface area contributed by atoms with Gasteiger partial charge in [-0.3, -0.25) is 15.5 Å². The maximum absolute atomic E-state index is 11.4. The smallest absolute Gasteiger partial charge is 0.270 e. The van der Waals surface area contributed by atoms with Crippen LogP contribution in [0.3, 0.4) is 0 Å². The second-order valence-electron chi connectivity index (χ2n) is 5.95. The molecular formula is C16H16N4O5S2. The van der Waals surface area contributed by atoms with Gasteiger partial charge in [-0.05, 0) is 30.8 Å². The molecule has 1 aromatic carbocycles. The Hall–Kier alpha value is -2.79. The van der Waals surface area contributed by atoms with Crippen molar-refractivity contribution in [3.8, 4) is 11.3 Å². The number of hydrazone groups is 1. The topological polar surface area (TPSA) is 127 Å². The van der Waals surface area contributed by atoms with Crippen molar-refractivity contribution in [1.82, 2.24) is 10.7 Å². The monoisotopic (exact) mass is 408 g/mol. The zero-order valence-corrected chi connectivity index (χ0v) is 15.6. The number of hydrogen-bond donors (Lipinski definition) is 2. The molecule has 0 aliphatic carbocycles. The summed E-state index contributed by atoms with van der Waals surface area (Å²) in [5, 5.41) is 17.9. The molecule has 1 saturated heterocycles. The second-order valence-corrected chi connectivity index (χ2v) is 8.59. The molecule has 0 spiro atoms. The van der Waals surface area contributed by atoms with Crippen molar-refractivity contribution in [3.63, 3.8) is 0 Å². The van der Waals surface area contributed by atoms with Gasteiger partial charge >= 0.3 is 0 Å². The molecule has 2 aromatic rings. The number of benzene rings is 1. The van der Waals surface area contributed by atoms with Crippen molar-refractivity contribution < 1.29 is 17.8 Å². The van der Waals surface area contributed by atoms with Gasteiger partial charge in [0.25, 0.3) is 5.69 Å². The molecule has 1 aromatic heterocycles. The van der Waals surface area contributed by atoms with E-state index in [0.717, 1.165) is 0 Å². The number of nitro groups is 1. The highest BCUT2D eigenvalue weighted by Crippen LogP contribution is 2.25. The number of sulfone groups is 1. The first-order valence-corrected chi connectivity index (χ1v) is 10.2. The lowest BCUT2D eigenvalue weighted by molar-refractivity contribution is -0.384. The van der Waals surface area contributed by atoms with E-state index in [1.807, 2.05) is 0 Å². The third-order valence-corrected chi connectivity index (χ3v) is 5.87. The molecular weight excluding hydrogens is 392 g/mol. The molecule has 2 N–H and O–H groups in total. The second kappa shape index (κ2) is 7.84. The maximum atomic E-state index is 11.4. The summed E-state index contributed by atoms with van der Waals surface area (Å²) in [6.07, 6.45) is 1.92. The van der Waals surface area contributed by atoms with Crippen LogP contribution in [0.2, 0.25) is 0 Å². The van der Waals surface area contributed by atoms with E-state index >= 15 is 0 Å². The van der Waals surface area contributed by atoms with Gasteiger partial charge in [-0.1, -0.05) is 12.1 Å². The van der Waals surface area contributed by atoms with Gasteiger partial charge in [-0.2, -0.15) is 5.10 Å². The number of thiocarbonyl (C=S) groups is 1. The minimum absolute atomic E-state index is 0.0221. The normalized spacial score (nSPS) is 18.4. The molecule has 0 radical (unpaired) electrons. The molecule has 0 unspecified atom stereocenters. The van der Waals surface area contributed by atoms with E-state index in [-0.39, 0.29) is 28.3 Å². The summed E-state index contributed by atoms with van der Waals surface area (Å²) < 4.78 is 28.4. The first kappa shape index (κ1) is 19.0. The molecule has 1 aliphatic rings. The molecule has 0 amide bonds. The Morgan fingerprint density at radius 1 is 1.37 bits per heavy atom. The minimum Gasteiger partial charge on any atom is -0.455 e. The summed E-state index contributed by atoms with van der Waals surface area (Å²) >= 11 is 5.08. The van der Waals surface area contributed by atoms with Crippen LogP contribution in [0.5, 0.6) is 0 Å². The highest BCUT2D eigenvalue weighted by Gasteiger charge is 2.28. The summed E-state index contributed by atoms with van der Waals surface area (Å²) in [4.78, 5) is 10.4. The van der Waals surface area contributed by atoms with Gasteiger partial charge in [0.15, 0.2) is 14.9 Å². The van der Waals surface area contributed by atoms with Crippen molar-refractivity contribution in [2.45, 2.75) is 12.5 Å². The average molecular weight is 408 g/mol. The number of hydrogen-bond acceptors (Lipinski definition) is 7. The van der Waals surface area contributed by atoms with Crippen LogP contribution in [-0.2, 0) is 9.84 Å². The molecule has 1 atom stereocenters. The Bertz CT molecular complexity index is 1000. The van der Waals surface area contributed by atoms with E-state index in [0.29, 0.717) is 23.5 Å². The Morgan fingerprint density at radius 2 is 2.19 bits per heavy atom. The van der Waals surface area contributed by atoms with E-state index in [2.05, 4.69) is 15.8 Å². The van der Waals surface area contributed by atoms with Gasteiger partial charge in [0, 0.05) is 23.7 Å². The lowest BCUT2D eigenvalue weighted by Crippen LogP contribution is -2.40. The van der Waals surface area contributed by atoms with Crippen molar-refractivity contribution in [2.75, 3.05) is 11.5 Å². The molecule has 11 heteroatoms. The Labute approximate surface area is 160 Å². The van der Waals surface area contributed by atoms with Crippen molar-refractivity contribution >= 4 is 39.1 Å². The van der Waals surface area contributed by atoms with E-state index in [1.165, 1.54) is 18.3 Å². The van der Waals surface area contributed by atoms with Gasteiger partial charge in [-0.25, -0.2) is 8.42 Å². The van der Waals surface area contributed by atoms with Gasteiger partial charge in [0.2, 0.25) is 0 Å². The minimum atomic E-state index is -2.98. The number of rotatable bonds is 5. The lowest BCUT2D eigenvalue weighted by atomic mass is 10.1. The number of furan rings is 1. The van der Waals surface area contributed by atoms with E-state index < -0.39 is 14.8 Å². The van der Waals surface area contributed by atoms with Crippen LogP contribution in [0, 0.1) is 10.1 Å². The molecule has 27 heavy (non-hydrogen) atoms.